The Morgan fingerprint density at radius 3 is 2.67 bits per heavy atom. The third-order valence-corrected chi connectivity index (χ3v) is 3.29. The van der Waals surface area contributed by atoms with E-state index in [2.05, 4.69) is 5.32 Å². The first-order chi connectivity index (χ1) is 8.70. The van der Waals surface area contributed by atoms with E-state index in [1.165, 1.54) is 0 Å². The molecule has 0 aliphatic carbocycles. The minimum Gasteiger partial charge on any atom is -0.399 e. The van der Waals surface area contributed by atoms with Gasteiger partial charge in [0, 0.05) is 16.3 Å². The Morgan fingerprint density at radius 2 is 1.94 bits per heavy atom. The van der Waals surface area contributed by atoms with Crippen molar-refractivity contribution >= 4 is 29.0 Å². The molecule has 0 aliphatic heterocycles. The van der Waals surface area contributed by atoms with Crippen LogP contribution in [0, 0.1) is 0 Å². The van der Waals surface area contributed by atoms with Gasteiger partial charge >= 0.3 is 0 Å². The summed E-state index contributed by atoms with van der Waals surface area (Å²) >= 11 is 1.55. The molecule has 4 heteroatoms. The fraction of sp³-hybridized carbons (Fsp3) is 0.0714. The number of amides is 1. The van der Waals surface area contributed by atoms with Gasteiger partial charge in [-0.2, -0.15) is 0 Å². The van der Waals surface area contributed by atoms with Crippen molar-refractivity contribution in [2.75, 3.05) is 17.3 Å². The molecule has 0 saturated carbocycles. The molecule has 2 rings (SSSR count). The van der Waals surface area contributed by atoms with Crippen LogP contribution in [-0.4, -0.2) is 12.2 Å². The molecule has 0 atom stereocenters. The van der Waals surface area contributed by atoms with E-state index in [-0.39, 0.29) is 5.91 Å². The highest BCUT2D eigenvalue weighted by molar-refractivity contribution is 7.98. The van der Waals surface area contributed by atoms with Crippen LogP contribution >= 0.6 is 11.8 Å². The number of hydrogen-bond donors (Lipinski definition) is 2. The molecule has 1 amide bonds. The largest absolute Gasteiger partial charge is 0.399 e. The maximum atomic E-state index is 12.1. The summed E-state index contributed by atoms with van der Waals surface area (Å²) in [4.78, 5) is 13.1. The van der Waals surface area contributed by atoms with Crippen molar-refractivity contribution in [3.63, 3.8) is 0 Å². The van der Waals surface area contributed by atoms with Gasteiger partial charge in [-0.05, 0) is 36.6 Å². The second-order valence-corrected chi connectivity index (χ2v) is 4.63. The molecule has 0 radical (unpaired) electrons. The molecule has 0 aliphatic rings. The van der Waals surface area contributed by atoms with Crippen molar-refractivity contribution in [1.82, 2.24) is 0 Å². The zero-order chi connectivity index (χ0) is 13.0. The fourth-order valence-corrected chi connectivity index (χ4v) is 2.24. The lowest BCUT2D eigenvalue weighted by Gasteiger charge is -2.08. The number of carbonyl (C=O) groups excluding carboxylic acids is 1. The summed E-state index contributed by atoms with van der Waals surface area (Å²) in [6.07, 6.45) is 1.95. The minimum atomic E-state index is -0.120. The number of rotatable bonds is 3. The predicted molar refractivity (Wildman–Crippen MR) is 77.0 cm³/mol. The Labute approximate surface area is 110 Å². The molecule has 0 spiro atoms. The number of nitrogens with two attached hydrogens (primary N) is 1. The van der Waals surface area contributed by atoms with Gasteiger partial charge in [0.1, 0.15) is 0 Å². The van der Waals surface area contributed by atoms with Crippen LogP contribution in [0.4, 0.5) is 11.4 Å². The van der Waals surface area contributed by atoms with Crippen LogP contribution in [0.25, 0.3) is 0 Å². The lowest BCUT2D eigenvalue weighted by atomic mass is 10.2. The van der Waals surface area contributed by atoms with Gasteiger partial charge in [0.2, 0.25) is 0 Å². The molecule has 3 N–H and O–H groups in total. The van der Waals surface area contributed by atoms with Crippen molar-refractivity contribution < 1.29 is 4.79 Å². The molecular weight excluding hydrogens is 244 g/mol. The highest BCUT2D eigenvalue weighted by Crippen LogP contribution is 2.21. The minimum absolute atomic E-state index is 0.120. The van der Waals surface area contributed by atoms with Crippen molar-refractivity contribution in [3.05, 3.63) is 54.1 Å². The average Bonchev–Trinajstić information content (AvgIpc) is 2.38. The summed E-state index contributed by atoms with van der Waals surface area (Å²) in [5, 5.41) is 2.84. The monoisotopic (exact) mass is 258 g/mol. The predicted octanol–water partition coefficient (Wildman–Crippen LogP) is 3.24. The summed E-state index contributed by atoms with van der Waals surface area (Å²) in [5.74, 6) is -0.120. The van der Waals surface area contributed by atoms with Gasteiger partial charge in [-0.3, -0.25) is 4.79 Å². The van der Waals surface area contributed by atoms with Crippen LogP contribution in [0.3, 0.4) is 0 Å². The van der Waals surface area contributed by atoms with Crippen molar-refractivity contribution in [2.24, 2.45) is 0 Å². The molecule has 0 fully saturated rings. The summed E-state index contributed by atoms with van der Waals surface area (Å²) in [7, 11) is 0. The SMILES string of the molecule is CSc1ccccc1C(=O)Nc1cccc(N)c1. The zero-order valence-corrected chi connectivity index (χ0v) is 10.8. The number of nitrogens with one attached hydrogen (secondary N) is 1. The van der Waals surface area contributed by atoms with Crippen LogP contribution in [-0.2, 0) is 0 Å². The van der Waals surface area contributed by atoms with Gasteiger partial charge in [-0.1, -0.05) is 18.2 Å². The molecule has 0 bridgehead atoms. The van der Waals surface area contributed by atoms with Gasteiger partial charge in [0.05, 0.1) is 5.56 Å². The Balaban J connectivity index is 2.22. The number of thioether (sulfide) groups is 1. The fourth-order valence-electron chi connectivity index (χ4n) is 1.65. The van der Waals surface area contributed by atoms with Crippen molar-refractivity contribution in [1.29, 1.82) is 0 Å². The lowest BCUT2D eigenvalue weighted by Crippen LogP contribution is -2.12. The number of anilines is 2. The van der Waals surface area contributed by atoms with E-state index in [1.54, 1.807) is 23.9 Å². The van der Waals surface area contributed by atoms with E-state index in [0.29, 0.717) is 16.9 Å². The third kappa shape index (κ3) is 2.84. The Kier molecular flexibility index (Phi) is 3.89. The van der Waals surface area contributed by atoms with E-state index in [0.717, 1.165) is 4.90 Å². The second kappa shape index (κ2) is 5.60. The number of hydrogen-bond acceptors (Lipinski definition) is 3. The van der Waals surface area contributed by atoms with Crippen LogP contribution in [0.1, 0.15) is 10.4 Å². The average molecular weight is 258 g/mol. The van der Waals surface area contributed by atoms with Crippen LogP contribution in [0.15, 0.2) is 53.4 Å². The van der Waals surface area contributed by atoms with Crippen LogP contribution < -0.4 is 11.1 Å². The van der Waals surface area contributed by atoms with Gasteiger partial charge in [0.25, 0.3) is 5.91 Å². The number of nitrogen functional groups attached to an aromatic ring is 1. The second-order valence-electron chi connectivity index (χ2n) is 3.78. The number of carbonyl (C=O) groups is 1. The van der Waals surface area contributed by atoms with Crippen LogP contribution in [0.2, 0.25) is 0 Å². The van der Waals surface area contributed by atoms with E-state index < -0.39 is 0 Å². The topological polar surface area (TPSA) is 55.1 Å². The smallest absolute Gasteiger partial charge is 0.256 e. The molecule has 0 aromatic heterocycles. The highest BCUT2D eigenvalue weighted by atomic mass is 32.2. The molecule has 3 nitrogen and oxygen atoms in total. The standard InChI is InChI=1S/C14H14N2OS/c1-18-13-8-3-2-7-12(13)14(17)16-11-6-4-5-10(15)9-11/h2-9H,15H2,1H3,(H,16,17). The van der Waals surface area contributed by atoms with E-state index in [9.17, 15) is 4.79 Å². The van der Waals surface area contributed by atoms with E-state index >= 15 is 0 Å². The van der Waals surface area contributed by atoms with Gasteiger partial charge in [-0.15, -0.1) is 11.8 Å². The molecule has 0 saturated heterocycles. The molecular formula is C14H14N2OS. The van der Waals surface area contributed by atoms with Gasteiger partial charge < -0.3 is 11.1 Å². The molecule has 2 aromatic carbocycles. The summed E-state index contributed by atoms with van der Waals surface area (Å²) in [5.41, 5.74) is 7.68. The van der Waals surface area contributed by atoms with Crippen molar-refractivity contribution in [2.45, 2.75) is 4.90 Å². The first-order valence-electron chi connectivity index (χ1n) is 5.50. The molecule has 0 heterocycles. The quantitative estimate of drug-likeness (QED) is 0.656. The zero-order valence-electron chi connectivity index (χ0n) is 10.0. The molecule has 92 valence electrons. The maximum absolute atomic E-state index is 12.1. The molecule has 18 heavy (non-hydrogen) atoms. The summed E-state index contributed by atoms with van der Waals surface area (Å²) < 4.78 is 0. The maximum Gasteiger partial charge on any atom is 0.256 e. The van der Waals surface area contributed by atoms with Gasteiger partial charge in [-0.25, -0.2) is 0 Å². The normalized spacial score (nSPS) is 10.1. The summed E-state index contributed by atoms with van der Waals surface area (Å²) in [6.45, 7) is 0. The Bertz CT molecular complexity index is 569. The third-order valence-electron chi connectivity index (χ3n) is 2.50. The molecule has 2 aromatic rings. The first-order valence-corrected chi connectivity index (χ1v) is 6.73. The highest BCUT2D eigenvalue weighted by Gasteiger charge is 2.10. The van der Waals surface area contributed by atoms with E-state index in [1.807, 2.05) is 42.7 Å². The lowest BCUT2D eigenvalue weighted by molar-refractivity contribution is 0.102. The first kappa shape index (κ1) is 12.5. The van der Waals surface area contributed by atoms with Gasteiger partial charge in [0.15, 0.2) is 0 Å². The molecule has 0 unspecified atom stereocenters. The summed E-state index contributed by atoms with van der Waals surface area (Å²) in [6, 6.07) is 14.7. The van der Waals surface area contributed by atoms with Crippen LogP contribution in [0.5, 0.6) is 0 Å². The van der Waals surface area contributed by atoms with Crippen molar-refractivity contribution in [3.8, 4) is 0 Å². The Morgan fingerprint density at radius 1 is 1.17 bits per heavy atom. The van der Waals surface area contributed by atoms with E-state index in [4.69, 9.17) is 5.73 Å². The Hall–Kier alpha value is -1.94. The number of benzene rings is 2.